The summed E-state index contributed by atoms with van der Waals surface area (Å²) in [6.07, 6.45) is 9.87. The van der Waals surface area contributed by atoms with E-state index >= 15 is 0 Å². The number of benzene rings is 1. The van der Waals surface area contributed by atoms with Gasteiger partial charge in [-0.1, -0.05) is 0 Å². The first-order chi connectivity index (χ1) is 23.2. The summed E-state index contributed by atoms with van der Waals surface area (Å²) in [4.78, 5) is 23.3. The van der Waals surface area contributed by atoms with Gasteiger partial charge in [-0.2, -0.15) is 27.0 Å². The number of likely N-dealkylation sites (N-methyl/N-ethyl adjacent to an activating group) is 1. The summed E-state index contributed by atoms with van der Waals surface area (Å²) in [5.74, 6) is 1.02. The van der Waals surface area contributed by atoms with Gasteiger partial charge in [0.25, 0.3) is 0 Å². The second-order valence-corrected chi connectivity index (χ2v) is 16.2. The number of hydrogen-bond donors (Lipinski definition) is 1. The SMILES string of the molecule is C=Nc1sc2c(F)c(F)cc(-c3cc4nc(OCC5(CN6C7CCC6CSC7)CC5)nc(NCC5(N(C)C)CCC5)c4cn3)c2c1C#N. The van der Waals surface area contributed by atoms with Gasteiger partial charge in [-0.15, -0.1) is 11.3 Å². The molecule has 13 heteroatoms. The van der Waals surface area contributed by atoms with Gasteiger partial charge in [0.1, 0.15) is 16.9 Å². The zero-order valence-electron chi connectivity index (χ0n) is 27.2. The van der Waals surface area contributed by atoms with E-state index in [2.05, 4.69) is 63.7 Å². The molecular formula is C35H38F2N8OS2. The molecule has 3 aromatic heterocycles. The number of pyridine rings is 1. The van der Waals surface area contributed by atoms with Crippen molar-refractivity contribution < 1.29 is 13.5 Å². The largest absolute Gasteiger partial charge is 0.463 e. The highest BCUT2D eigenvalue weighted by Crippen LogP contribution is 2.49. The number of nitriles is 1. The molecule has 2 atom stereocenters. The number of halogens is 2. The van der Waals surface area contributed by atoms with Crippen molar-refractivity contribution in [1.29, 1.82) is 5.26 Å². The van der Waals surface area contributed by atoms with Gasteiger partial charge in [0, 0.05) is 64.8 Å². The van der Waals surface area contributed by atoms with Gasteiger partial charge in [-0.3, -0.25) is 14.9 Å². The fourth-order valence-corrected chi connectivity index (χ4v) is 10.1. The van der Waals surface area contributed by atoms with E-state index in [1.165, 1.54) is 30.8 Å². The Hall–Kier alpha value is -3.44. The molecule has 8 rings (SSSR count). The van der Waals surface area contributed by atoms with Crippen LogP contribution in [0.4, 0.5) is 19.6 Å². The van der Waals surface area contributed by atoms with E-state index in [1.54, 1.807) is 12.3 Å². The van der Waals surface area contributed by atoms with Gasteiger partial charge in [0.2, 0.25) is 0 Å². The van der Waals surface area contributed by atoms with Gasteiger partial charge >= 0.3 is 6.01 Å². The van der Waals surface area contributed by atoms with Gasteiger partial charge in [-0.05, 0) is 77.9 Å². The third kappa shape index (κ3) is 5.41. The van der Waals surface area contributed by atoms with E-state index in [-0.39, 0.29) is 43.2 Å². The Morgan fingerprint density at radius 1 is 1.17 bits per heavy atom. The Labute approximate surface area is 286 Å². The summed E-state index contributed by atoms with van der Waals surface area (Å²) in [5.41, 5.74) is 1.49. The van der Waals surface area contributed by atoms with Crippen LogP contribution in [0.25, 0.3) is 32.2 Å². The molecular weight excluding hydrogens is 651 g/mol. The van der Waals surface area contributed by atoms with Crippen LogP contribution < -0.4 is 10.1 Å². The Morgan fingerprint density at radius 3 is 2.58 bits per heavy atom. The molecule has 1 N–H and O–H groups in total. The van der Waals surface area contributed by atoms with Crippen molar-refractivity contribution in [2.45, 2.75) is 62.6 Å². The number of anilines is 1. The zero-order chi connectivity index (χ0) is 33.2. The summed E-state index contributed by atoms with van der Waals surface area (Å²) in [7, 11) is 4.22. The van der Waals surface area contributed by atoms with E-state index in [0.29, 0.717) is 47.7 Å². The monoisotopic (exact) mass is 688 g/mol. The summed E-state index contributed by atoms with van der Waals surface area (Å²) < 4.78 is 36.4. The van der Waals surface area contributed by atoms with Crippen molar-refractivity contribution >= 4 is 61.6 Å². The van der Waals surface area contributed by atoms with Crippen LogP contribution >= 0.6 is 23.1 Å². The van der Waals surface area contributed by atoms with Crippen LogP contribution in [0.1, 0.15) is 50.5 Å². The predicted molar refractivity (Wildman–Crippen MR) is 189 cm³/mol. The number of rotatable bonds is 11. The van der Waals surface area contributed by atoms with Gasteiger partial charge < -0.3 is 15.0 Å². The number of aliphatic imine (C=N–C) groups is 1. The second-order valence-electron chi connectivity index (χ2n) is 14.1. The highest BCUT2D eigenvalue weighted by Gasteiger charge is 2.49. The van der Waals surface area contributed by atoms with Crippen molar-refractivity contribution in [3.8, 4) is 23.3 Å². The standard InChI is InChI=1S/C35H38F2N8OS2/c1-39-32-23(13-38)28-22(11-25(36)29(37)30(28)48-32)26-12-27-24(14-40-26)31(41-17-35(44(2)3)7-4-8-35)43-33(42-27)46-19-34(9-10-34)18-45-20-5-6-21(45)16-47-15-20/h11-12,14,20-21H,1,4-10,15-19H2,2-3H3,(H,41,42,43). The molecule has 2 saturated carbocycles. The lowest BCUT2D eigenvalue weighted by Crippen LogP contribution is -2.54. The molecule has 9 nitrogen and oxygen atoms in total. The maximum Gasteiger partial charge on any atom is 0.318 e. The molecule has 48 heavy (non-hydrogen) atoms. The fourth-order valence-electron chi connectivity index (χ4n) is 7.68. The number of nitrogens with zero attached hydrogens (tertiary/aromatic N) is 7. The van der Waals surface area contributed by atoms with E-state index in [0.717, 1.165) is 49.6 Å². The summed E-state index contributed by atoms with van der Waals surface area (Å²) in [5, 5.41) is 14.7. The van der Waals surface area contributed by atoms with Gasteiger partial charge in [0.15, 0.2) is 11.6 Å². The predicted octanol–water partition coefficient (Wildman–Crippen LogP) is 7.02. The molecule has 2 aliphatic carbocycles. The lowest BCUT2D eigenvalue weighted by Gasteiger charge is -2.47. The molecule has 4 aliphatic rings. The topological polar surface area (TPSA) is 103 Å². The number of thioether (sulfide) groups is 1. The van der Waals surface area contributed by atoms with Crippen LogP contribution in [-0.2, 0) is 0 Å². The second kappa shape index (κ2) is 12.2. The molecule has 2 aliphatic heterocycles. The molecule has 1 aromatic carbocycles. The molecule has 0 amide bonds. The van der Waals surface area contributed by atoms with Crippen molar-refractivity contribution in [2.75, 3.05) is 50.6 Å². The first kappa shape index (κ1) is 31.8. The van der Waals surface area contributed by atoms with Crippen molar-refractivity contribution in [3.05, 3.63) is 35.5 Å². The number of thiophene rings is 1. The lowest BCUT2D eigenvalue weighted by atomic mass is 9.75. The Kier molecular flexibility index (Phi) is 8.06. The quantitative estimate of drug-likeness (QED) is 0.167. The number of nitrogens with one attached hydrogen (secondary N) is 1. The summed E-state index contributed by atoms with van der Waals surface area (Å²) in [6, 6.07) is 6.55. The highest BCUT2D eigenvalue weighted by molar-refractivity contribution is 7.99. The lowest BCUT2D eigenvalue weighted by molar-refractivity contribution is 0.0738. The maximum absolute atomic E-state index is 15.0. The highest BCUT2D eigenvalue weighted by atomic mass is 32.2. The first-order valence-electron chi connectivity index (χ1n) is 16.6. The van der Waals surface area contributed by atoms with Crippen LogP contribution in [0.3, 0.4) is 0 Å². The number of hydrogen-bond acceptors (Lipinski definition) is 11. The molecule has 4 aromatic rings. The van der Waals surface area contributed by atoms with Crippen LogP contribution in [0.15, 0.2) is 23.3 Å². The Morgan fingerprint density at radius 2 is 1.94 bits per heavy atom. The van der Waals surface area contributed by atoms with Crippen molar-refractivity contribution in [3.63, 3.8) is 0 Å². The molecule has 2 saturated heterocycles. The minimum Gasteiger partial charge on any atom is -0.463 e. The minimum absolute atomic E-state index is 0.00450. The minimum atomic E-state index is -1.03. The molecule has 0 spiro atoms. The van der Waals surface area contributed by atoms with E-state index < -0.39 is 11.6 Å². The van der Waals surface area contributed by atoms with E-state index in [1.807, 2.05) is 0 Å². The average molecular weight is 689 g/mol. The Bertz CT molecular complexity index is 1950. The van der Waals surface area contributed by atoms with Gasteiger partial charge in [-0.25, -0.2) is 8.78 Å². The average Bonchev–Trinajstić information content (AvgIpc) is 3.68. The first-order valence-corrected chi connectivity index (χ1v) is 18.6. The molecule has 2 unspecified atom stereocenters. The molecule has 5 heterocycles. The molecule has 250 valence electrons. The zero-order valence-corrected chi connectivity index (χ0v) is 28.8. The number of fused-ring (bicyclic) bond motifs is 4. The molecule has 4 fully saturated rings. The van der Waals surface area contributed by atoms with Crippen LogP contribution in [0.5, 0.6) is 6.01 Å². The van der Waals surface area contributed by atoms with Crippen molar-refractivity contribution in [1.82, 2.24) is 24.8 Å². The van der Waals surface area contributed by atoms with E-state index in [9.17, 15) is 14.0 Å². The molecule has 2 bridgehead atoms. The third-order valence-electron chi connectivity index (χ3n) is 11.1. The number of ether oxygens (including phenoxy) is 1. The molecule has 0 radical (unpaired) electrons. The maximum atomic E-state index is 15.0. The normalized spacial score (nSPS) is 22.5. The summed E-state index contributed by atoms with van der Waals surface area (Å²) >= 11 is 2.98. The summed E-state index contributed by atoms with van der Waals surface area (Å²) in [6.45, 7) is 5.82. The van der Waals surface area contributed by atoms with Crippen molar-refractivity contribution in [2.24, 2.45) is 10.4 Å². The fraction of sp³-hybridized carbons (Fsp3) is 0.514. The smallest absolute Gasteiger partial charge is 0.318 e. The van der Waals surface area contributed by atoms with E-state index in [4.69, 9.17) is 14.7 Å². The third-order valence-corrected chi connectivity index (χ3v) is 13.5. The Balaban J connectivity index is 1.16. The van der Waals surface area contributed by atoms with Crippen LogP contribution in [0, 0.1) is 28.4 Å². The number of aromatic nitrogens is 3. The van der Waals surface area contributed by atoms with Crippen LogP contribution in [0.2, 0.25) is 0 Å². The van der Waals surface area contributed by atoms with Gasteiger partial charge in [0.05, 0.1) is 33.5 Å². The van der Waals surface area contributed by atoms with Crippen LogP contribution in [-0.4, -0.2) is 94.4 Å².